The molecule has 1 heterocycles. The fourth-order valence-corrected chi connectivity index (χ4v) is 4.29. The fraction of sp³-hybridized carbons (Fsp3) is 0.0690. The van der Waals surface area contributed by atoms with Crippen molar-refractivity contribution in [3.05, 3.63) is 114 Å². The van der Waals surface area contributed by atoms with Gasteiger partial charge in [0.25, 0.3) is 5.91 Å². The first-order valence-corrected chi connectivity index (χ1v) is 11.3. The molecule has 35 heavy (non-hydrogen) atoms. The van der Waals surface area contributed by atoms with Crippen molar-refractivity contribution in [2.45, 2.75) is 13.5 Å². The third kappa shape index (κ3) is 4.82. The van der Waals surface area contributed by atoms with Gasteiger partial charge in [-0.3, -0.25) is 9.59 Å². The van der Waals surface area contributed by atoms with Crippen LogP contribution in [0.2, 0.25) is 0 Å². The molecule has 0 radical (unpaired) electrons. The third-order valence-electron chi connectivity index (χ3n) is 5.85. The molecule has 2 N–H and O–H groups in total. The van der Waals surface area contributed by atoms with E-state index in [1.54, 1.807) is 30.5 Å². The number of aromatic nitrogens is 1. The zero-order chi connectivity index (χ0) is 24.2. The molecule has 0 saturated heterocycles. The topological polar surface area (TPSA) is 75.5 Å². The molecule has 0 aliphatic rings. The summed E-state index contributed by atoms with van der Waals surface area (Å²) in [5.41, 5.74) is 6.79. The molecular weight excluding hydrogens is 436 g/mol. The highest BCUT2D eigenvalue weighted by atomic mass is 16.2. The standard InChI is InChI=1S/C29H24N4O2/c1-20(34)31-25-12-7-10-22(16-25)29(35)32-30-17-24-19-33(28-15-5-4-14-27(24)28)18-23-11-6-9-21-8-2-3-13-26(21)23/h2-17,19H,18H2,1H3,(H,31,34)(H,32,35)/b30-17-. The van der Waals surface area contributed by atoms with Gasteiger partial charge in [0.1, 0.15) is 0 Å². The summed E-state index contributed by atoms with van der Waals surface area (Å²) in [6.45, 7) is 2.14. The quantitative estimate of drug-likeness (QED) is 0.257. The van der Waals surface area contributed by atoms with Gasteiger partial charge in [-0.2, -0.15) is 5.10 Å². The molecule has 0 aliphatic carbocycles. The Hall–Kier alpha value is -4.71. The van der Waals surface area contributed by atoms with Crippen LogP contribution in [0.3, 0.4) is 0 Å². The zero-order valence-electron chi connectivity index (χ0n) is 19.2. The summed E-state index contributed by atoms with van der Waals surface area (Å²) in [7, 11) is 0. The number of rotatable bonds is 6. The van der Waals surface area contributed by atoms with Gasteiger partial charge in [-0.05, 0) is 40.6 Å². The monoisotopic (exact) mass is 460 g/mol. The van der Waals surface area contributed by atoms with Gasteiger partial charge in [-0.25, -0.2) is 5.43 Å². The molecule has 0 atom stereocenters. The lowest BCUT2D eigenvalue weighted by molar-refractivity contribution is -0.114. The number of carbonyl (C=O) groups is 2. The second kappa shape index (κ2) is 9.65. The first-order valence-electron chi connectivity index (χ1n) is 11.3. The molecule has 0 saturated carbocycles. The summed E-state index contributed by atoms with van der Waals surface area (Å²) in [6.07, 6.45) is 3.72. The van der Waals surface area contributed by atoms with E-state index >= 15 is 0 Å². The predicted molar refractivity (Wildman–Crippen MR) is 141 cm³/mol. The lowest BCUT2D eigenvalue weighted by atomic mass is 10.0. The first-order chi connectivity index (χ1) is 17.1. The van der Waals surface area contributed by atoms with Gasteiger partial charge in [-0.15, -0.1) is 0 Å². The van der Waals surface area contributed by atoms with Crippen molar-refractivity contribution in [3.8, 4) is 0 Å². The molecule has 5 rings (SSSR count). The van der Waals surface area contributed by atoms with Crippen LogP contribution in [0.15, 0.2) is 102 Å². The van der Waals surface area contributed by atoms with E-state index in [1.165, 1.54) is 23.3 Å². The van der Waals surface area contributed by atoms with Crippen molar-refractivity contribution < 1.29 is 9.59 Å². The summed E-state index contributed by atoms with van der Waals surface area (Å²) in [6, 6.07) is 29.6. The van der Waals surface area contributed by atoms with E-state index in [0.29, 0.717) is 11.3 Å². The molecule has 6 nitrogen and oxygen atoms in total. The maximum absolute atomic E-state index is 12.6. The molecule has 172 valence electrons. The Labute approximate surface area is 202 Å². The van der Waals surface area contributed by atoms with Gasteiger partial charge >= 0.3 is 0 Å². The number of benzene rings is 4. The largest absolute Gasteiger partial charge is 0.342 e. The van der Waals surface area contributed by atoms with Crippen molar-refractivity contribution in [2.24, 2.45) is 5.10 Å². The Balaban J connectivity index is 1.39. The third-order valence-corrected chi connectivity index (χ3v) is 5.85. The van der Waals surface area contributed by atoms with Gasteiger partial charge in [0.15, 0.2) is 0 Å². The van der Waals surface area contributed by atoms with E-state index in [9.17, 15) is 9.59 Å². The molecule has 5 aromatic rings. The highest BCUT2D eigenvalue weighted by Crippen LogP contribution is 2.24. The van der Waals surface area contributed by atoms with Crippen molar-refractivity contribution in [1.82, 2.24) is 9.99 Å². The number of nitrogens with one attached hydrogen (secondary N) is 2. The molecule has 0 bridgehead atoms. The van der Waals surface area contributed by atoms with E-state index in [2.05, 4.69) is 81.2 Å². The Kier molecular flexibility index (Phi) is 6.09. The van der Waals surface area contributed by atoms with E-state index in [1.807, 2.05) is 12.1 Å². The Bertz CT molecular complexity index is 1580. The van der Waals surface area contributed by atoms with Crippen LogP contribution in [-0.2, 0) is 11.3 Å². The zero-order valence-corrected chi connectivity index (χ0v) is 19.2. The predicted octanol–water partition coefficient (Wildman–Crippen LogP) is 5.57. The second-order valence-corrected chi connectivity index (χ2v) is 8.33. The number of hydrogen-bond donors (Lipinski definition) is 2. The molecule has 0 spiro atoms. The molecule has 0 fully saturated rings. The lowest BCUT2D eigenvalue weighted by Crippen LogP contribution is -2.18. The average molecular weight is 461 g/mol. The number of fused-ring (bicyclic) bond motifs is 2. The van der Waals surface area contributed by atoms with Crippen LogP contribution in [0.5, 0.6) is 0 Å². The van der Waals surface area contributed by atoms with Crippen LogP contribution < -0.4 is 10.7 Å². The molecule has 0 unspecified atom stereocenters. The Morgan fingerprint density at radius 2 is 1.63 bits per heavy atom. The van der Waals surface area contributed by atoms with Crippen molar-refractivity contribution >= 4 is 45.4 Å². The Morgan fingerprint density at radius 3 is 2.49 bits per heavy atom. The minimum Gasteiger partial charge on any atom is -0.342 e. The van der Waals surface area contributed by atoms with Gasteiger partial charge in [0.2, 0.25) is 5.91 Å². The van der Waals surface area contributed by atoms with Crippen LogP contribution >= 0.6 is 0 Å². The minimum atomic E-state index is -0.354. The first kappa shape index (κ1) is 22.1. The van der Waals surface area contributed by atoms with E-state index in [0.717, 1.165) is 23.0 Å². The van der Waals surface area contributed by atoms with E-state index in [4.69, 9.17) is 0 Å². The molecule has 6 heteroatoms. The number of para-hydroxylation sites is 1. The maximum atomic E-state index is 12.6. The molecule has 2 amide bonds. The van der Waals surface area contributed by atoms with Gasteiger partial charge in [-0.1, -0.05) is 66.7 Å². The molecular formula is C29H24N4O2. The molecule has 4 aromatic carbocycles. The van der Waals surface area contributed by atoms with Crippen LogP contribution in [0, 0.1) is 0 Å². The van der Waals surface area contributed by atoms with Crippen molar-refractivity contribution in [2.75, 3.05) is 5.32 Å². The number of anilines is 1. The summed E-state index contributed by atoms with van der Waals surface area (Å²) in [5.74, 6) is -0.548. The number of hydrogen-bond acceptors (Lipinski definition) is 3. The highest BCUT2D eigenvalue weighted by Gasteiger charge is 2.10. The van der Waals surface area contributed by atoms with Crippen LogP contribution in [0.25, 0.3) is 21.7 Å². The summed E-state index contributed by atoms with van der Waals surface area (Å²) < 4.78 is 2.21. The van der Waals surface area contributed by atoms with E-state index < -0.39 is 0 Å². The minimum absolute atomic E-state index is 0.194. The SMILES string of the molecule is CC(=O)Nc1cccc(C(=O)N/N=C\c2cn(Cc3cccc4ccccc34)c3ccccc23)c1. The van der Waals surface area contributed by atoms with E-state index in [-0.39, 0.29) is 11.8 Å². The normalized spacial score (nSPS) is 11.2. The van der Waals surface area contributed by atoms with Gasteiger partial charge in [0.05, 0.1) is 6.21 Å². The van der Waals surface area contributed by atoms with Crippen molar-refractivity contribution in [1.29, 1.82) is 0 Å². The maximum Gasteiger partial charge on any atom is 0.271 e. The van der Waals surface area contributed by atoms with Crippen LogP contribution in [0.4, 0.5) is 5.69 Å². The summed E-state index contributed by atoms with van der Waals surface area (Å²) in [5, 5.41) is 10.4. The number of hydrazone groups is 1. The van der Waals surface area contributed by atoms with Crippen LogP contribution in [-0.4, -0.2) is 22.6 Å². The van der Waals surface area contributed by atoms with Crippen LogP contribution in [0.1, 0.15) is 28.4 Å². The number of nitrogens with zero attached hydrogens (tertiary/aromatic N) is 2. The summed E-state index contributed by atoms with van der Waals surface area (Å²) in [4.78, 5) is 23.8. The number of amides is 2. The highest BCUT2D eigenvalue weighted by molar-refractivity contribution is 6.01. The van der Waals surface area contributed by atoms with Gasteiger partial charge in [0, 0.05) is 47.4 Å². The van der Waals surface area contributed by atoms with Crippen molar-refractivity contribution in [3.63, 3.8) is 0 Å². The molecule has 0 aliphatic heterocycles. The average Bonchev–Trinajstić information content (AvgIpc) is 3.21. The fourth-order valence-electron chi connectivity index (χ4n) is 4.29. The van der Waals surface area contributed by atoms with Gasteiger partial charge < -0.3 is 9.88 Å². The lowest BCUT2D eigenvalue weighted by Gasteiger charge is -2.09. The summed E-state index contributed by atoms with van der Waals surface area (Å²) >= 11 is 0. The molecule has 1 aromatic heterocycles. The second-order valence-electron chi connectivity index (χ2n) is 8.33. The number of carbonyl (C=O) groups excluding carboxylic acids is 2. The Morgan fingerprint density at radius 1 is 0.886 bits per heavy atom. The smallest absolute Gasteiger partial charge is 0.271 e.